The first-order chi connectivity index (χ1) is 10.8. The molecule has 2 aromatic rings. The molecule has 3 nitrogen and oxygen atoms in total. The lowest BCUT2D eigenvalue weighted by Gasteiger charge is -2.07. The van der Waals surface area contributed by atoms with Gasteiger partial charge in [0.2, 0.25) is 0 Å². The minimum atomic E-state index is -5.02. The second-order valence-corrected chi connectivity index (χ2v) is 4.91. The average Bonchev–Trinajstić information content (AvgIpc) is 2.49. The number of hydrogen-bond acceptors (Lipinski definition) is 3. The molecule has 0 fully saturated rings. The zero-order chi connectivity index (χ0) is 17.0. The maximum absolute atomic E-state index is 12.1. The number of benzene rings is 2. The molecule has 0 radical (unpaired) electrons. The molecule has 0 aliphatic rings. The normalized spacial score (nSPS) is 12.1. The molecule has 0 heterocycles. The smallest absolute Gasteiger partial charge is 0.454 e. The fourth-order valence-electron chi connectivity index (χ4n) is 1.62. The summed E-state index contributed by atoms with van der Waals surface area (Å²) in [7, 11) is 0. The van der Waals surface area contributed by atoms with Crippen LogP contribution in [-0.2, 0) is 4.79 Å². The number of hydrogen-bond donors (Lipinski definition) is 1. The lowest BCUT2D eigenvalue weighted by atomic mass is 10.1. The van der Waals surface area contributed by atoms with Gasteiger partial charge in [-0.1, -0.05) is 11.6 Å². The van der Waals surface area contributed by atoms with Crippen molar-refractivity contribution in [3.63, 3.8) is 0 Å². The Bertz CT molecular complexity index is 720. The number of rotatable bonds is 4. The molecule has 7 heteroatoms. The SMILES string of the molecule is O=C(/C=C(\O)c1ccc(Oc2ccc(Cl)cc2)cc1)C(F)(F)F. The van der Waals surface area contributed by atoms with Crippen LogP contribution in [0.15, 0.2) is 54.6 Å². The van der Waals surface area contributed by atoms with E-state index in [1.54, 1.807) is 24.3 Å². The molecule has 0 unspecified atom stereocenters. The molecule has 23 heavy (non-hydrogen) atoms. The van der Waals surface area contributed by atoms with E-state index in [1.165, 1.54) is 24.3 Å². The van der Waals surface area contributed by atoms with Crippen molar-refractivity contribution in [2.24, 2.45) is 0 Å². The summed E-state index contributed by atoms with van der Waals surface area (Å²) in [4.78, 5) is 10.8. The highest BCUT2D eigenvalue weighted by Crippen LogP contribution is 2.25. The third-order valence-electron chi connectivity index (χ3n) is 2.75. The van der Waals surface area contributed by atoms with Crippen LogP contribution in [0.2, 0.25) is 5.02 Å². The van der Waals surface area contributed by atoms with Gasteiger partial charge >= 0.3 is 6.18 Å². The van der Waals surface area contributed by atoms with Crippen LogP contribution in [-0.4, -0.2) is 17.1 Å². The van der Waals surface area contributed by atoms with Gasteiger partial charge in [0.1, 0.15) is 17.3 Å². The quantitative estimate of drug-likeness (QED) is 0.616. The summed E-state index contributed by atoms with van der Waals surface area (Å²) in [5.74, 6) is -1.97. The zero-order valence-corrected chi connectivity index (χ0v) is 12.2. The van der Waals surface area contributed by atoms with Crippen molar-refractivity contribution < 1.29 is 27.8 Å². The first-order valence-electron chi connectivity index (χ1n) is 6.31. The molecule has 0 spiro atoms. The first-order valence-corrected chi connectivity index (χ1v) is 6.69. The Morgan fingerprint density at radius 3 is 1.96 bits per heavy atom. The van der Waals surface area contributed by atoms with Crippen LogP contribution < -0.4 is 4.74 Å². The Labute approximate surface area is 134 Å². The van der Waals surface area contributed by atoms with Gasteiger partial charge in [0.15, 0.2) is 0 Å². The van der Waals surface area contributed by atoms with Crippen LogP contribution >= 0.6 is 11.6 Å². The van der Waals surface area contributed by atoms with E-state index in [4.69, 9.17) is 16.3 Å². The van der Waals surface area contributed by atoms with Gasteiger partial charge in [-0.25, -0.2) is 0 Å². The highest BCUT2D eigenvalue weighted by molar-refractivity contribution is 6.30. The summed E-state index contributed by atoms with van der Waals surface area (Å²) in [5, 5.41) is 10.1. The van der Waals surface area contributed by atoms with E-state index in [9.17, 15) is 23.1 Å². The second kappa shape index (κ2) is 6.75. The van der Waals surface area contributed by atoms with Crippen LogP contribution in [0.5, 0.6) is 11.5 Å². The monoisotopic (exact) mass is 342 g/mol. The first kappa shape index (κ1) is 16.9. The minimum absolute atomic E-state index is 0.0612. The number of ketones is 1. The van der Waals surface area contributed by atoms with Gasteiger partial charge in [0.25, 0.3) is 5.78 Å². The Morgan fingerprint density at radius 1 is 1.00 bits per heavy atom. The van der Waals surface area contributed by atoms with Gasteiger partial charge < -0.3 is 9.84 Å². The topological polar surface area (TPSA) is 46.5 Å². The van der Waals surface area contributed by atoms with Crippen molar-refractivity contribution >= 4 is 23.1 Å². The van der Waals surface area contributed by atoms with E-state index in [2.05, 4.69) is 0 Å². The summed E-state index contributed by atoms with van der Waals surface area (Å²) >= 11 is 5.75. The number of carbonyl (C=O) groups excluding carboxylic acids is 1. The van der Waals surface area contributed by atoms with Crippen molar-refractivity contribution in [2.45, 2.75) is 6.18 Å². The summed E-state index contributed by atoms with van der Waals surface area (Å²) in [6.07, 6.45) is -4.89. The van der Waals surface area contributed by atoms with E-state index in [-0.39, 0.29) is 11.6 Å². The molecular formula is C16H10ClF3O3. The van der Waals surface area contributed by atoms with Crippen molar-refractivity contribution in [2.75, 3.05) is 0 Å². The molecule has 120 valence electrons. The molecule has 0 aromatic heterocycles. The molecule has 0 amide bonds. The molecule has 1 N–H and O–H groups in total. The fourth-order valence-corrected chi connectivity index (χ4v) is 1.75. The Balaban J connectivity index is 2.11. The van der Waals surface area contributed by atoms with Gasteiger partial charge in [-0.2, -0.15) is 13.2 Å². The van der Waals surface area contributed by atoms with E-state index >= 15 is 0 Å². The summed E-state index contributed by atoms with van der Waals surface area (Å²) < 4.78 is 41.9. The molecule has 0 aliphatic heterocycles. The average molecular weight is 343 g/mol. The van der Waals surface area contributed by atoms with Crippen LogP contribution in [0.25, 0.3) is 5.76 Å². The molecule has 0 aliphatic carbocycles. The summed E-state index contributed by atoms with van der Waals surface area (Å²) in [6.45, 7) is 0. The van der Waals surface area contributed by atoms with Crippen molar-refractivity contribution in [3.8, 4) is 11.5 Å². The van der Waals surface area contributed by atoms with Crippen LogP contribution in [0.3, 0.4) is 0 Å². The maximum atomic E-state index is 12.1. The highest BCUT2D eigenvalue weighted by atomic mass is 35.5. The molecule has 0 bridgehead atoms. The molecule has 2 rings (SSSR count). The lowest BCUT2D eigenvalue weighted by molar-refractivity contribution is -0.165. The number of ether oxygens (including phenoxy) is 1. The zero-order valence-electron chi connectivity index (χ0n) is 11.5. The largest absolute Gasteiger partial charge is 0.507 e. The highest BCUT2D eigenvalue weighted by Gasteiger charge is 2.36. The van der Waals surface area contributed by atoms with Crippen LogP contribution in [0, 0.1) is 0 Å². The predicted molar refractivity (Wildman–Crippen MR) is 79.6 cm³/mol. The third-order valence-corrected chi connectivity index (χ3v) is 3.00. The molecule has 0 saturated heterocycles. The number of halogens is 4. The number of carbonyl (C=O) groups is 1. The molecular weight excluding hydrogens is 333 g/mol. The van der Waals surface area contributed by atoms with E-state index < -0.39 is 17.7 Å². The summed E-state index contributed by atoms with van der Waals surface area (Å²) in [5.41, 5.74) is 0.0612. The van der Waals surface area contributed by atoms with Crippen molar-refractivity contribution in [3.05, 3.63) is 65.2 Å². The Morgan fingerprint density at radius 2 is 1.48 bits per heavy atom. The van der Waals surface area contributed by atoms with Crippen molar-refractivity contribution in [1.29, 1.82) is 0 Å². The molecule has 0 saturated carbocycles. The Kier molecular flexibility index (Phi) is 4.95. The van der Waals surface area contributed by atoms with Gasteiger partial charge in [0.05, 0.1) is 0 Å². The summed E-state index contributed by atoms with van der Waals surface area (Å²) in [6, 6.07) is 12.1. The number of aliphatic hydroxyl groups excluding tert-OH is 1. The predicted octanol–water partition coefficient (Wildman–Crippen LogP) is 5.16. The standard InChI is InChI=1S/C16H10ClF3O3/c17-11-3-7-13(8-4-11)23-12-5-1-10(2-6-12)14(21)9-15(22)16(18,19)20/h1-9,21H/b14-9-. The maximum Gasteiger partial charge on any atom is 0.454 e. The van der Waals surface area contributed by atoms with E-state index in [0.717, 1.165) is 0 Å². The van der Waals surface area contributed by atoms with Gasteiger partial charge in [-0.15, -0.1) is 0 Å². The third kappa shape index (κ3) is 4.75. The lowest BCUT2D eigenvalue weighted by Crippen LogP contribution is -2.20. The fraction of sp³-hybridized carbons (Fsp3) is 0.0625. The van der Waals surface area contributed by atoms with Crippen LogP contribution in [0.1, 0.15) is 5.56 Å². The number of alkyl halides is 3. The van der Waals surface area contributed by atoms with Gasteiger partial charge in [0, 0.05) is 16.7 Å². The number of aliphatic hydroxyl groups is 1. The van der Waals surface area contributed by atoms with Gasteiger partial charge in [-0.05, 0) is 48.5 Å². The number of allylic oxidation sites excluding steroid dienone is 1. The van der Waals surface area contributed by atoms with Gasteiger partial charge in [-0.3, -0.25) is 4.79 Å². The molecule has 0 atom stereocenters. The van der Waals surface area contributed by atoms with E-state index in [1.807, 2.05) is 0 Å². The second-order valence-electron chi connectivity index (χ2n) is 4.47. The minimum Gasteiger partial charge on any atom is -0.507 e. The van der Waals surface area contributed by atoms with E-state index in [0.29, 0.717) is 16.5 Å². The molecule has 2 aromatic carbocycles. The Hall–Kier alpha value is -2.47. The van der Waals surface area contributed by atoms with Crippen molar-refractivity contribution in [1.82, 2.24) is 0 Å². The van der Waals surface area contributed by atoms with Crippen LogP contribution in [0.4, 0.5) is 13.2 Å².